The monoisotopic (exact) mass is 321 g/mol. The number of halogens is 1. The van der Waals surface area contributed by atoms with Crippen LogP contribution in [0.5, 0.6) is 0 Å². The van der Waals surface area contributed by atoms with Gasteiger partial charge in [-0.3, -0.25) is 4.98 Å². The van der Waals surface area contributed by atoms with Crippen molar-refractivity contribution in [1.29, 1.82) is 5.26 Å². The highest BCUT2D eigenvalue weighted by Crippen LogP contribution is 2.25. The Morgan fingerprint density at radius 1 is 1.29 bits per heavy atom. The Kier molecular flexibility index (Phi) is 4.58. The normalized spacial score (nSPS) is 11.3. The number of hydrogen-bond donors (Lipinski definition) is 0. The van der Waals surface area contributed by atoms with Crippen LogP contribution >= 0.6 is 11.6 Å². The van der Waals surface area contributed by atoms with E-state index in [1.54, 1.807) is 24.5 Å². The largest absolute Gasteiger partial charge is 0.265 e. The Balaban J connectivity index is 2.32. The summed E-state index contributed by atoms with van der Waals surface area (Å²) in [5, 5.41) is 8.82. The molecule has 0 N–H and O–H groups in total. The van der Waals surface area contributed by atoms with Gasteiger partial charge in [-0.25, -0.2) is 8.42 Å². The van der Waals surface area contributed by atoms with Gasteiger partial charge in [0.2, 0.25) is 10.0 Å². The van der Waals surface area contributed by atoms with Gasteiger partial charge in [0.1, 0.15) is 4.90 Å². The molecular weight excluding hydrogens is 310 g/mol. The van der Waals surface area contributed by atoms with Crippen molar-refractivity contribution in [1.82, 2.24) is 9.29 Å². The number of sulfonamides is 1. The molecule has 0 aliphatic rings. The molecule has 21 heavy (non-hydrogen) atoms. The second-order valence-electron chi connectivity index (χ2n) is 4.37. The van der Waals surface area contributed by atoms with Gasteiger partial charge in [0.25, 0.3) is 0 Å². The van der Waals surface area contributed by atoms with Crippen LogP contribution in [-0.4, -0.2) is 24.8 Å². The minimum atomic E-state index is -3.72. The minimum absolute atomic E-state index is 0.0141. The molecule has 108 valence electrons. The number of pyridine rings is 1. The summed E-state index contributed by atoms with van der Waals surface area (Å²) in [5.74, 6) is 0. The first-order valence-electron chi connectivity index (χ1n) is 6.00. The third-order valence-corrected chi connectivity index (χ3v) is 5.19. The summed E-state index contributed by atoms with van der Waals surface area (Å²) in [6, 6.07) is 9.52. The SMILES string of the molecule is CN(Cc1ccncc1)S(=O)(=O)c1ccc(C#N)cc1Cl. The molecule has 0 fully saturated rings. The van der Waals surface area contributed by atoms with Gasteiger partial charge >= 0.3 is 0 Å². The second kappa shape index (κ2) is 6.22. The molecule has 0 atom stereocenters. The molecule has 0 aliphatic carbocycles. The molecule has 7 heteroatoms. The fourth-order valence-electron chi connectivity index (χ4n) is 1.78. The summed E-state index contributed by atoms with van der Waals surface area (Å²) in [7, 11) is -2.24. The fraction of sp³-hybridized carbons (Fsp3) is 0.143. The van der Waals surface area contributed by atoms with Crippen molar-refractivity contribution in [2.45, 2.75) is 11.4 Å². The molecule has 0 aliphatic heterocycles. The van der Waals surface area contributed by atoms with E-state index < -0.39 is 10.0 Å². The van der Waals surface area contributed by atoms with E-state index in [4.69, 9.17) is 16.9 Å². The van der Waals surface area contributed by atoms with Crippen LogP contribution in [0.25, 0.3) is 0 Å². The van der Waals surface area contributed by atoms with Crippen molar-refractivity contribution in [2.24, 2.45) is 0 Å². The van der Waals surface area contributed by atoms with Gasteiger partial charge in [-0.2, -0.15) is 9.57 Å². The Bertz CT molecular complexity index is 786. The van der Waals surface area contributed by atoms with Crippen molar-refractivity contribution in [3.05, 3.63) is 58.9 Å². The summed E-state index contributed by atoms with van der Waals surface area (Å²) in [6.07, 6.45) is 3.20. The maximum atomic E-state index is 12.5. The van der Waals surface area contributed by atoms with Crippen LogP contribution in [0.2, 0.25) is 5.02 Å². The van der Waals surface area contributed by atoms with E-state index >= 15 is 0 Å². The van der Waals surface area contributed by atoms with Crippen LogP contribution in [-0.2, 0) is 16.6 Å². The van der Waals surface area contributed by atoms with E-state index in [2.05, 4.69) is 4.98 Å². The zero-order valence-corrected chi connectivity index (χ0v) is 12.8. The lowest BCUT2D eigenvalue weighted by Crippen LogP contribution is -2.26. The third-order valence-electron chi connectivity index (χ3n) is 2.90. The molecule has 0 saturated heterocycles. The number of nitrogens with zero attached hydrogens (tertiary/aromatic N) is 3. The second-order valence-corrected chi connectivity index (χ2v) is 6.79. The van der Waals surface area contributed by atoms with Crippen molar-refractivity contribution in [3.63, 3.8) is 0 Å². The van der Waals surface area contributed by atoms with Gasteiger partial charge in [0, 0.05) is 26.0 Å². The molecule has 1 heterocycles. The number of nitriles is 1. The lowest BCUT2D eigenvalue weighted by Gasteiger charge is -2.18. The Morgan fingerprint density at radius 2 is 1.95 bits per heavy atom. The molecule has 2 aromatic rings. The Morgan fingerprint density at radius 3 is 2.52 bits per heavy atom. The predicted octanol–water partition coefficient (Wildman–Crippen LogP) is 2.43. The lowest BCUT2D eigenvalue weighted by molar-refractivity contribution is 0.466. The maximum Gasteiger partial charge on any atom is 0.244 e. The highest BCUT2D eigenvalue weighted by molar-refractivity contribution is 7.89. The molecule has 0 amide bonds. The number of benzene rings is 1. The number of aromatic nitrogens is 1. The molecular formula is C14H12ClN3O2S. The Labute approximate surface area is 128 Å². The highest BCUT2D eigenvalue weighted by atomic mass is 35.5. The molecule has 0 spiro atoms. The summed E-state index contributed by atoms with van der Waals surface area (Å²) in [5.41, 5.74) is 1.14. The minimum Gasteiger partial charge on any atom is -0.265 e. The molecule has 0 unspecified atom stereocenters. The van der Waals surface area contributed by atoms with E-state index in [1.165, 1.54) is 29.6 Å². The quantitative estimate of drug-likeness (QED) is 0.866. The molecule has 0 saturated carbocycles. The van der Waals surface area contributed by atoms with Crippen molar-refractivity contribution < 1.29 is 8.42 Å². The van der Waals surface area contributed by atoms with E-state index in [0.29, 0.717) is 5.56 Å². The van der Waals surface area contributed by atoms with Crippen LogP contribution in [0, 0.1) is 11.3 Å². The van der Waals surface area contributed by atoms with Gasteiger partial charge in [0.05, 0.1) is 16.7 Å². The molecule has 0 bridgehead atoms. The van der Waals surface area contributed by atoms with E-state index in [-0.39, 0.29) is 16.5 Å². The molecule has 2 rings (SSSR count). The summed E-state index contributed by atoms with van der Waals surface area (Å²) < 4.78 is 26.2. The van der Waals surface area contributed by atoms with Crippen LogP contribution in [0.4, 0.5) is 0 Å². The van der Waals surface area contributed by atoms with E-state index in [9.17, 15) is 8.42 Å². The first-order chi connectivity index (χ1) is 9.95. The van der Waals surface area contributed by atoms with Crippen molar-refractivity contribution in [2.75, 3.05) is 7.05 Å². The van der Waals surface area contributed by atoms with Crippen LogP contribution < -0.4 is 0 Å². The summed E-state index contributed by atoms with van der Waals surface area (Å²) in [4.78, 5) is 3.87. The first kappa shape index (κ1) is 15.4. The van der Waals surface area contributed by atoms with Gasteiger partial charge in [0.15, 0.2) is 0 Å². The zero-order valence-electron chi connectivity index (χ0n) is 11.2. The molecule has 5 nitrogen and oxygen atoms in total. The average molecular weight is 322 g/mol. The fourth-order valence-corrected chi connectivity index (χ4v) is 3.45. The highest BCUT2D eigenvalue weighted by Gasteiger charge is 2.23. The topological polar surface area (TPSA) is 74.1 Å². The zero-order chi connectivity index (χ0) is 15.5. The van der Waals surface area contributed by atoms with Crippen molar-refractivity contribution in [3.8, 4) is 6.07 Å². The predicted molar refractivity (Wildman–Crippen MR) is 79.1 cm³/mol. The average Bonchev–Trinajstić information content (AvgIpc) is 2.47. The van der Waals surface area contributed by atoms with Crippen LogP contribution in [0.3, 0.4) is 0 Å². The van der Waals surface area contributed by atoms with Gasteiger partial charge in [-0.05, 0) is 35.9 Å². The molecule has 1 aromatic heterocycles. The third kappa shape index (κ3) is 3.39. The summed E-state index contributed by atoms with van der Waals surface area (Å²) in [6.45, 7) is 0.210. The van der Waals surface area contributed by atoms with Crippen molar-refractivity contribution >= 4 is 21.6 Å². The lowest BCUT2D eigenvalue weighted by atomic mass is 10.2. The van der Waals surface area contributed by atoms with Gasteiger partial charge < -0.3 is 0 Å². The van der Waals surface area contributed by atoms with Gasteiger partial charge in [-0.1, -0.05) is 11.6 Å². The maximum absolute atomic E-state index is 12.5. The first-order valence-corrected chi connectivity index (χ1v) is 7.82. The molecule has 0 radical (unpaired) electrons. The Hall–Kier alpha value is -1.94. The van der Waals surface area contributed by atoms with E-state index in [1.807, 2.05) is 6.07 Å². The van der Waals surface area contributed by atoms with E-state index in [0.717, 1.165) is 5.56 Å². The smallest absolute Gasteiger partial charge is 0.244 e. The molecule has 1 aromatic carbocycles. The van der Waals surface area contributed by atoms with Gasteiger partial charge in [-0.15, -0.1) is 0 Å². The van der Waals surface area contributed by atoms with Crippen LogP contribution in [0.15, 0.2) is 47.6 Å². The summed E-state index contributed by atoms with van der Waals surface area (Å²) >= 11 is 5.97. The number of hydrogen-bond acceptors (Lipinski definition) is 4. The van der Waals surface area contributed by atoms with Crippen LogP contribution in [0.1, 0.15) is 11.1 Å². The standard InChI is InChI=1S/C14H12ClN3O2S/c1-18(10-11-4-6-17-7-5-11)21(19,20)14-3-2-12(9-16)8-13(14)15/h2-8H,10H2,1H3. The number of rotatable bonds is 4.